The number of aromatic nitrogens is 1. The van der Waals surface area contributed by atoms with Gasteiger partial charge >= 0.3 is 0 Å². The smallest absolute Gasteiger partial charge is 0.171 e. The van der Waals surface area contributed by atoms with Crippen LogP contribution in [0.1, 0.15) is 16.7 Å². The first-order chi connectivity index (χ1) is 20.6. The first-order valence-electron chi connectivity index (χ1n) is 13.8. The number of nitrogens with zero attached hydrogens (tertiary/aromatic N) is 1. The van der Waals surface area contributed by atoms with E-state index >= 15 is 0 Å². The average molecular weight is 560 g/mol. The van der Waals surface area contributed by atoms with Crippen LogP contribution in [-0.2, 0) is 4.57 Å². The maximum atomic E-state index is 14.8. The predicted molar refractivity (Wildman–Crippen MR) is 175 cm³/mol. The molecule has 2 N–H and O–H groups in total. The van der Waals surface area contributed by atoms with Gasteiger partial charge in [0.15, 0.2) is 7.14 Å². The highest BCUT2D eigenvalue weighted by Crippen LogP contribution is 2.43. The molecule has 0 fully saturated rings. The number of para-hydroxylation sites is 1. The van der Waals surface area contributed by atoms with Crippen LogP contribution >= 0.6 is 7.14 Å². The van der Waals surface area contributed by atoms with E-state index in [1.807, 2.05) is 146 Å². The molecule has 0 amide bonds. The highest BCUT2D eigenvalue weighted by molar-refractivity contribution is 7.85. The summed E-state index contributed by atoms with van der Waals surface area (Å²) >= 11 is 0. The number of fused-ring (bicyclic) bond motifs is 3. The third-order valence-corrected chi connectivity index (χ3v) is 10.9. The molecule has 7 rings (SSSR count). The van der Waals surface area contributed by atoms with Crippen molar-refractivity contribution in [2.24, 2.45) is 0 Å². The number of allylic oxidation sites excluding steroid dienone is 1. The van der Waals surface area contributed by atoms with E-state index in [1.165, 1.54) is 0 Å². The lowest BCUT2D eigenvalue weighted by Crippen LogP contribution is -2.25. The topological polar surface area (TPSA) is 77.7 Å². The van der Waals surface area contributed by atoms with Gasteiger partial charge in [-0.15, -0.1) is 0 Å². The molecule has 0 unspecified atom stereocenters. The van der Waals surface area contributed by atoms with Crippen molar-refractivity contribution in [2.75, 3.05) is 0 Å². The summed E-state index contributed by atoms with van der Waals surface area (Å²) in [4.78, 5) is 5.01. The molecule has 0 saturated carbocycles. The molecule has 0 spiro atoms. The van der Waals surface area contributed by atoms with Gasteiger partial charge in [0.1, 0.15) is 0 Å². The van der Waals surface area contributed by atoms with Gasteiger partial charge in [-0.1, -0.05) is 133 Å². The van der Waals surface area contributed by atoms with Gasteiger partial charge in [0, 0.05) is 43.6 Å². The molecular formula is C37H26N3OP. The summed E-state index contributed by atoms with van der Waals surface area (Å²) in [7, 11) is -3.12. The van der Waals surface area contributed by atoms with E-state index in [4.69, 9.17) is 15.8 Å². The maximum absolute atomic E-state index is 14.8. The van der Waals surface area contributed by atoms with Gasteiger partial charge in [0.05, 0.1) is 22.6 Å². The summed E-state index contributed by atoms with van der Waals surface area (Å²) in [5, 5.41) is 21.3. The fraction of sp³-hybridized carbons (Fsp3) is 0. The molecule has 200 valence electrons. The van der Waals surface area contributed by atoms with Gasteiger partial charge in [-0.25, -0.2) is 4.98 Å². The highest BCUT2D eigenvalue weighted by atomic mass is 31.2. The van der Waals surface area contributed by atoms with Crippen LogP contribution < -0.4 is 15.9 Å². The molecule has 4 nitrogen and oxygen atoms in total. The molecule has 0 bridgehead atoms. The lowest BCUT2D eigenvalue weighted by atomic mass is 9.82. The van der Waals surface area contributed by atoms with Crippen molar-refractivity contribution in [3.8, 4) is 11.3 Å². The van der Waals surface area contributed by atoms with E-state index in [0.717, 1.165) is 54.8 Å². The quantitative estimate of drug-likeness (QED) is 0.215. The SMILES string of the molecule is N=C1C(=N)c2c(c(-c3ccccc3)nc3ccccc23)C=C1c1ccc(P(=O)(c2ccccc2)c2ccccc2)cc1. The van der Waals surface area contributed by atoms with E-state index in [0.29, 0.717) is 5.57 Å². The zero-order chi connectivity index (χ0) is 28.7. The van der Waals surface area contributed by atoms with Crippen molar-refractivity contribution in [2.45, 2.75) is 0 Å². The zero-order valence-electron chi connectivity index (χ0n) is 22.7. The summed E-state index contributed by atoms with van der Waals surface area (Å²) in [6.45, 7) is 0. The molecule has 0 atom stereocenters. The van der Waals surface area contributed by atoms with Crippen molar-refractivity contribution < 1.29 is 4.57 Å². The molecular weight excluding hydrogens is 533 g/mol. The molecule has 5 heteroatoms. The van der Waals surface area contributed by atoms with Crippen molar-refractivity contribution in [3.63, 3.8) is 0 Å². The van der Waals surface area contributed by atoms with Gasteiger partial charge in [0.2, 0.25) is 0 Å². The summed E-state index contributed by atoms with van der Waals surface area (Å²) in [6.07, 6.45) is 1.99. The minimum Gasteiger partial charge on any atom is -0.309 e. The molecule has 0 radical (unpaired) electrons. The number of rotatable bonds is 5. The fourth-order valence-electron chi connectivity index (χ4n) is 5.73. The highest BCUT2D eigenvalue weighted by Gasteiger charge is 2.31. The van der Waals surface area contributed by atoms with Crippen LogP contribution in [0, 0.1) is 10.8 Å². The van der Waals surface area contributed by atoms with Crippen LogP contribution in [0.15, 0.2) is 140 Å². The van der Waals surface area contributed by atoms with E-state index in [-0.39, 0.29) is 11.4 Å². The monoisotopic (exact) mass is 559 g/mol. The van der Waals surface area contributed by atoms with Gasteiger partial charge in [-0.05, 0) is 17.7 Å². The molecule has 1 aliphatic rings. The molecule has 0 saturated heterocycles. The predicted octanol–water partition coefficient (Wildman–Crippen LogP) is 7.48. The Morgan fingerprint density at radius 3 is 1.67 bits per heavy atom. The standard InChI is InChI=1S/C37H26N3OP/c38-35-31(24-32-34(36(35)39)30-18-10-11-19-33(30)40-37(32)26-12-4-1-5-13-26)25-20-22-29(23-21-25)42(41,27-14-6-2-7-15-27)28-16-8-3-9-17-28/h1-24,38-39H. The molecule has 42 heavy (non-hydrogen) atoms. The number of benzene rings is 5. The number of hydrogen-bond donors (Lipinski definition) is 2. The molecule has 0 aliphatic heterocycles. The van der Waals surface area contributed by atoms with Crippen LogP contribution in [0.25, 0.3) is 33.8 Å². The van der Waals surface area contributed by atoms with Crippen LogP contribution in [0.3, 0.4) is 0 Å². The van der Waals surface area contributed by atoms with Gasteiger partial charge in [-0.3, -0.25) is 10.8 Å². The van der Waals surface area contributed by atoms with Crippen molar-refractivity contribution in [3.05, 3.63) is 156 Å². The Morgan fingerprint density at radius 2 is 1.05 bits per heavy atom. The number of hydrogen-bond acceptors (Lipinski definition) is 4. The number of pyridine rings is 1. The molecule has 1 aliphatic carbocycles. The van der Waals surface area contributed by atoms with E-state index in [1.54, 1.807) is 0 Å². The zero-order valence-corrected chi connectivity index (χ0v) is 23.6. The minimum atomic E-state index is -3.12. The van der Waals surface area contributed by atoms with Crippen LogP contribution in [-0.4, -0.2) is 16.4 Å². The molecule has 1 aromatic heterocycles. The van der Waals surface area contributed by atoms with E-state index in [2.05, 4.69) is 0 Å². The summed E-state index contributed by atoms with van der Waals surface area (Å²) in [5.41, 5.74) is 5.85. The van der Waals surface area contributed by atoms with Crippen LogP contribution in [0.2, 0.25) is 0 Å². The Hall–Kier alpha value is -5.18. The summed E-state index contributed by atoms with van der Waals surface area (Å²) < 4.78 is 14.8. The van der Waals surface area contributed by atoms with E-state index < -0.39 is 7.14 Å². The first kappa shape index (κ1) is 25.8. The van der Waals surface area contributed by atoms with Gasteiger partial charge in [-0.2, -0.15) is 0 Å². The Morgan fingerprint density at radius 1 is 0.524 bits per heavy atom. The van der Waals surface area contributed by atoms with Crippen molar-refractivity contribution in [1.82, 2.24) is 4.98 Å². The normalized spacial score (nSPS) is 13.1. The average Bonchev–Trinajstić information content (AvgIpc) is 3.06. The second-order valence-corrected chi connectivity index (χ2v) is 13.0. The largest absolute Gasteiger partial charge is 0.309 e. The summed E-state index contributed by atoms with van der Waals surface area (Å²) in [6, 6.07) is 44.6. The third kappa shape index (κ3) is 4.16. The second kappa shape index (κ2) is 10.3. The third-order valence-electron chi connectivity index (χ3n) is 7.82. The lowest BCUT2D eigenvalue weighted by molar-refractivity contribution is 0.592. The minimum absolute atomic E-state index is 0.153. The van der Waals surface area contributed by atoms with Crippen molar-refractivity contribution in [1.29, 1.82) is 10.8 Å². The van der Waals surface area contributed by atoms with Gasteiger partial charge in [0.25, 0.3) is 0 Å². The summed E-state index contributed by atoms with van der Waals surface area (Å²) in [5.74, 6) is 0. The Kier molecular flexibility index (Phi) is 6.34. The molecule has 1 heterocycles. The Labute approximate surface area is 244 Å². The lowest BCUT2D eigenvalue weighted by Gasteiger charge is -2.24. The maximum Gasteiger partial charge on any atom is 0.171 e. The van der Waals surface area contributed by atoms with E-state index in [9.17, 15) is 4.57 Å². The Balaban J connectivity index is 1.39. The Bertz CT molecular complexity index is 2020. The van der Waals surface area contributed by atoms with Crippen molar-refractivity contribution >= 4 is 57.0 Å². The number of nitrogens with one attached hydrogen (secondary N) is 2. The van der Waals surface area contributed by atoms with Crippen LogP contribution in [0.4, 0.5) is 0 Å². The second-order valence-electron chi connectivity index (χ2n) is 10.3. The van der Waals surface area contributed by atoms with Crippen LogP contribution in [0.5, 0.6) is 0 Å². The fourth-order valence-corrected chi connectivity index (χ4v) is 8.38. The first-order valence-corrected chi connectivity index (χ1v) is 15.5. The molecule has 6 aromatic rings. The van der Waals surface area contributed by atoms with Gasteiger partial charge < -0.3 is 4.57 Å². The molecule has 5 aromatic carbocycles.